The average Bonchev–Trinajstić information content (AvgIpc) is 2.65. The van der Waals surface area contributed by atoms with Crippen LogP contribution in [0.25, 0.3) is 0 Å². The summed E-state index contributed by atoms with van der Waals surface area (Å²) in [4.78, 5) is 27.3. The third-order valence-corrected chi connectivity index (χ3v) is 5.16. The summed E-state index contributed by atoms with van der Waals surface area (Å²) in [5, 5.41) is 2.70. The van der Waals surface area contributed by atoms with E-state index in [9.17, 15) is 9.59 Å². The Morgan fingerprint density at radius 3 is 2.30 bits per heavy atom. The maximum absolute atomic E-state index is 13.2. The van der Waals surface area contributed by atoms with Crippen molar-refractivity contribution >= 4 is 11.8 Å². The van der Waals surface area contributed by atoms with Crippen LogP contribution in [-0.4, -0.2) is 29.8 Å². The molecule has 2 aromatic rings. The minimum absolute atomic E-state index is 0.0306. The molecular weight excluding hydrogens is 336 g/mol. The summed E-state index contributed by atoms with van der Waals surface area (Å²) in [6.45, 7) is 8.51. The first-order chi connectivity index (χ1) is 12.9. The average molecular weight is 367 g/mol. The van der Waals surface area contributed by atoms with E-state index in [4.69, 9.17) is 0 Å². The fraction of sp³-hybridized carbons (Fsp3) is 0.391. The number of likely N-dealkylation sites (N-methyl/N-ethyl adjacent to an activating group) is 1. The van der Waals surface area contributed by atoms with Gasteiger partial charge in [-0.3, -0.25) is 9.59 Å². The van der Waals surface area contributed by atoms with Crippen LogP contribution in [0.3, 0.4) is 0 Å². The van der Waals surface area contributed by atoms with E-state index in [1.54, 1.807) is 11.9 Å². The van der Waals surface area contributed by atoms with Gasteiger partial charge in [0.15, 0.2) is 0 Å². The molecule has 2 amide bonds. The number of hydrogen-bond donors (Lipinski definition) is 1. The number of aryl methyl sites for hydroxylation is 3. The van der Waals surface area contributed by atoms with Gasteiger partial charge in [-0.25, -0.2) is 0 Å². The highest BCUT2D eigenvalue weighted by Gasteiger charge is 2.28. The molecule has 144 valence electrons. The third kappa shape index (κ3) is 5.19. The zero-order valence-electron chi connectivity index (χ0n) is 17.0. The highest BCUT2D eigenvalue weighted by atomic mass is 16.2. The summed E-state index contributed by atoms with van der Waals surface area (Å²) < 4.78 is 0. The van der Waals surface area contributed by atoms with Crippen LogP contribution < -0.4 is 5.32 Å². The van der Waals surface area contributed by atoms with Gasteiger partial charge in [-0.05, 0) is 55.0 Å². The first-order valence-electron chi connectivity index (χ1n) is 9.49. The summed E-state index contributed by atoms with van der Waals surface area (Å²) in [6.07, 6.45) is 0.866. The molecule has 1 unspecified atom stereocenters. The Morgan fingerprint density at radius 1 is 1.00 bits per heavy atom. The summed E-state index contributed by atoms with van der Waals surface area (Å²) in [7, 11) is 1.62. The lowest BCUT2D eigenvalue weighted by Gasteiger charge is -2.31. The lowest BCUT2D eigenvalue weighted by atomic mass is 10.0. The third-order valence-electron chi connectivity index (χ3n) is 5.16. The summed E-state index contributed by atoms with van der Waals surface area (Å²) in [6, 6.07) is 13.6. The monoisotopic (exact) mass is 366 g/mol. The molecule has 0 spiro atoms. The lowest BCUT2D eigenvalue weighted by molar-refractivity contribution is -0.140. The molecule has 0 aliphatic carbocycles. The number of benzene rings is 2. The lowest BCUT2D eigenvalue weighted by Crippen LogP contribution is -2.48. The van der Waals surface area contributed by atoms with Crippen LogP contribution in [0.2, 0.25) is 0 Å². The van der Waals surface area contributed by atoms with Crippen molar-refractivity contribution in [2.75, 3.05) is 7.05 Å². The number of carbonyl (C=O) groups is 2. The number of rotatable bonds is 7. The van der Waals surface area contributed by atoms with Crippen molar-refractivity contribution in [3.8, 4) is 0 Å². The van der Waals surface area contributed by atoms with Gasteiger partial charge in [0.2, 0.25) is 11.8 Å². The van der Waals surface area contributed by atoms with Crippen molar-refractivity contribution in [1.82, 2.24) is 10.2 Å². The van der Waals surface area contributed by atoms with Crippen LogP contribution in [0.15, 0.2) is 42.5 Å². The molecule has 2 rings (SSSR count). The molecule has 0 radical (unpaired) electrons. The zero-order chi connectivity index (χ0) is 20.0. The predicted molar refractivity (Wildman–Crippen MR) is 109 cm³/mol. The molecule has 0 bridgehead atoms. The number of hydrogen-bond acceptors (Lipinski definition) is 2. The van der Waals surface area contributed by atoms with E-state index < -0.39 is 6.04 Å². The van der Waals surface area contributed by atoms with Gasteiger partial charge in [0.25, 0.3) is 0 Å². The SMILES string of the molecule is CCC(C(=O)NC)N(Cc1ccccc1C)C(=O)Cc1ccc(C)c(C)c1. The Morgan fingerprint density at radius 2 is 1.70 bits per heavy atom. The van der Waals surface area contributed by atoms with Crippen molar-refractivity contribution in [2.24, 2.45) is 0 Å². The highest BCUT2D eigenvalue weighted by molar-refractivity contribution is 5.88. The Hall–Kier alpha value is -2.62. The van der Waals surface area contributed by atoms with E-state index in [0.29, 0.717) is 19.4 Å². The number of amides is 2. The minimum atomic E-state index is -0.478. The molecule has 0 aromatic heterocycles. The Balaban J connectivity index is 2.32. The normalized spacial score (nSPS) is 11.7. The smallest absolute Gasteiger partial charge is 0.242 e. The molecule has 0 saturated heterocycles. The molecular formula is C23H30N2O2. The molecule has 2 aromatic carbocycles. The van der Waals surface area contributed by atoms with Crippen molar-refractivity contribution < 1.29 is 9.59 Å². The zero-order valence-corrected chi connectivity index (χ0v) is 17.0. The van der Waals surface area contributed by atoms with E-state index >= 15 is 0 Å². The van der Waals surface area contributed by atoms with E-state index in [0.717, 1.165) is 16.7 Å². The number of nitrogens with zero attached hydrogens (tertiary/aromatic N) is 1. The second kappa shape index (κ2) is 9.36. The molecule has 27 heavy (non-hydrogen) atoms. The molecule has 0 aliphatic rings. The standard InChI is InChI=1S/C23H30N2O2/c1-6-21(23(27)24-5)25(15-20-10-8-7-9-17(20)3)22(26)14-19-12-11-16(2)18(4)13-19/h7-13,21H,6,14-15H2,1-5H3,(H,24,27). The first kappa shape index (κ1) is 20.7. The maximum atomic E-state index is 13.2. The van der Waals surface area contributed by atoms with Crippen LogP contribution in [0, 0.1) is 20.8 Å². The summed E-state index contributed by atoms with van der Waals surface area (Å²) in [5.41, 5.74) is 5.54. The largest absolute Gasteiger partial charge is 0.357 e. The van der Waals surface area contributed by atoms with Gasteiger partial charge >= 0.3 is 0 Å². The van der Waals surface area contributed by atoms with Gasteiger partial charge in [-0.1, -0.05) is 49.4 Å². The Labute approximate surface area is 162 Å². The van der Waals surface area contributed by atoms with Crippen molar-refractivity contribution in [3.63, 3.8) is 0 Å². The van der Waals surface area contributed by atoms with Crippen LogP contribution in [0.1, 0.15) is 41.2 Å². The van der Waals surface area contributed by atoms with Gasteiger partial charge in [0, 0.05) is 13.6 Å². The second-order valence-electron chi connectivity index (χ2n) is 7.08. The molecule has 4 heteroatoms. The van der Waals surface area contributed by atoms with E-state index in [2.05, 4.69) is 18.3 Å². The molecule has 1 atom stereocenters. The minimum Gasteiger partial charge on any atom is -0.357 e. The molecule has 0 aliphatic heterocycles. The van der Waals surface area contributed by atoms with E-state index in [1.807, 2.05) is 57.2 Å². The van der Waals surface area contributed by atoms with Crippen LogP contribution in [-0.2, 0) is 22.6 Å². The van der Waals surface area contributed by atoms with Crippen LogP contribution in [0.5, 0.6) is 0 Å². The molecule has 0 saturated carbocycles. The van der Waals surface area contributed by atoms with E-state index in [-0.39, 0.29) is 11.8 Å². The van der Waals surface area contributed by atoms with Crippen LogP contribution in [0.4, 0.5) is 0 Å². The van der Waals surface area contributed by atoms with Gasteiger partial charge in [0.05, 0.1) is 6.42 Å². The van der Waals surface area contributed by atoms with E-state index in [1.165, 1.54) is 11.1 Å². The predicted octanol–water partition coefficient (Wildman–Crippen LogP) is 3.71. The Kier molecular flexibility index (Phi) is 7.17. The van der Waals surface area contributed by atoms with Crippen molar-refractivity contribution in [1.29, 1.82) is 0 Å². The van der Waals surface area contributed by atoms with Gasteiger partial charge in [-0.2, -0.15) is 0 Å². The summed E-state index contributed by atoms with van der Waals surface area (Å²) >= 11 is 0. The van der Waals surface area contributed by atoms with Gasteiger partial charge < -0.3 is 10.2 Å². The van der Waals surface area contributed by atoms with Crippen molar-refractivity contribution in [2.45, 2.75) is 53.1 Å². The number of carbonyl (C=O) groups excluding carboxylic acids is 2. The van der Waals surface area contributed by atoms with Crippen molar-refractivity contribution in [3.05, 3.63) is 70.3 Å². The molecule has 4 nitrogen and oxygen atoms in total. The highest BCUT2D eigenvalue weighted by Crippen LogP contribution is 2.18. The first-order valence-corrected chi connectivity index (χ1v) is 9.49. The van der Waals surface area contributed by atoms with Crippen LogP contribution >= 0.6 is 0 Å². The quantitative estimate of drug-likeness (QED) is 0.812. The molecule has 1 N–H and O–H groups in total. The summed E-state index contributed by atoms with van der Waals surface area (Å²) in [5.74, 6) is -0.156. The van der Waals surface area contributed by atoms with Gasteiger partial charge in [-0.15, -0.1) is 0 Å². The van der Waals surface area contributed by atoms with Gasteiger partial charge in [0.1, 0.15) is 6.04 Å². The fourth-order valence-corrected chi connectivity index (χ4v) is 3.25. The maximum Gasteiger partial charge on any atom is 0.242 e. The molecule has 0 fully saturated rings. The number of nitrogens with one attached hydrogen (secondary N) is 1. The Bertz CT molecular complexity index is 814. The topological polar surface area (TPSA) is 49.4 Å². The second-order valence-corrected chi connectivity index (χ2v) is 7.08. The fourth-order valence-electron chi connectivity index (χ4n) is 3.25. The molecule has 0 heterocycles.